The average molecular weight is 389 g/mol. The molecule has 1 amide bonds. The first-order valence-corrected chi connectivity index (χ1v) is 11.2. The first kappa shape index (κ1) is 21.0. The summed E-state index contributed by atoms with van der Waals surface area (Å²) in [6.45, 7) is 6.79. The SMILES string of the molecule is CCCCCCCCCCC(=O)N1CCc2cnc(N3CCOCC3)nc2C1. The number of morpholine rings is 1. The van der Waals surface area contributed by atoms with Crippen molar-refractivity contribution < 1.29 is 9.53 Å². The fraction of sp³-hybridized carbons (Fsp3) is 0.773. The number of anilines is 1. The van der Waals surface area contributed by atoms with Crippen LogP contribution in [0.3, 0.4) is 0 Å². The third-order valence-corrected chi connectivity index (χ3v) is 5.82. The highest BCUT2D eigenvalue weighted by molar-refractivity contribution is 5.76. The predicted octanol–water partition coefficient (Wildman–Crippen LogP) is 3.73. The van der Waals surface area contributed by atoms with Crippen molar-refractivity contribution in [3.63, 3.8) is 0 Å². The number of carbonyl (C=O) groups excluding carboxylic acids is 1. The number of unbranched alkanes of at least 4 members (excludes halogenated alkanes) is 7. The normalized spacial score (nSPS) is 16.9. The molecule has 1 aromatic rings. The van der Waals surface area contributed by atoms with Gasteiger partial charge in [-0.05, 0) is 18.4 Å². The second-order valence-corrected chi connectivity index (χ2v) is 8.03. The van der Waals surface area contributed by atoms with Crippen molar-refractivity contribution in [2.45, 2.75) is 77.7 Å². The van der Waals surface area contributed by atoms with Crippen LogP contribution in [0.5, 0.6) is 0 Å². The van der Waals surface area contributed by atoms with E-state index in [2.05, 4.69) is 16.8 Å². The smallest absolute Gasteiger partial charge is 0.225 e. The molecule has 0 aromatic carbocycles. The molecule has 0 saturated carbocycles. The highest BCUT2D eigenvalue weighted by Gasteiger charge is 2.23. The van der Waals surface area contributed by atoms with Crippen molar-refractivity contribution in [2.75, 3.05) is 37.7 Å². The molecule has 2 aliphatic rings. The van der Waals surface area contributed by atoms with Crippen LogP contribution in [-0.4, -0.2) is 53.6 Å². The van der Waals surface area contributed by atoms with Crippen molar-refractivity contribution in [3.8, 4) is 0 Å². The van der Waals surface area contributed by atoms with Gasteiger partial charge in [-0.2, -0.15) is 0 Å². The van der Waals surface area contributed by atoms with Gasteiger partial charge >= 0.3 is 0 Å². The third-order valence-electron chi connectivity index (χ3n) is 5.82. The summed E-state index contributed by atoms with van der Waals surface area (Å²) in [5, 5.41) is 0. The molecular weight excluding hydrogens is 352 g/mol. The molecule has 0 spiro atoms. The Hall–Kier alpha value is -1.69. The largest absolute Gasteiger partial charge is 0.378 e. The lowest BCUT2D eigenvalue weighted by Gasteiger charge is -2.30. The Morgan fingerprint density at radius 1 is 1.04 bits per heavy atom. The number of aromatic nitrogens is 2. The Labute approximate surface area is 169 Å². The van der Waals surface area contributed by atoms with Crippen LogP contribution in [0.25, 0.3) is 0 Å². The van der Waals surface area contributed by atoms with Crippen molar-refractivity contribution in [1.82, 2.24) is 14.9 Å². The van der Waals surface area contributed by atoms with Gasteiger partial charge in [-0.25, -0.2) is 9.97 Å². The molecule has 0 atom stereocenters. The summed E-state index contributed by atoms with van der Waals surface area (Å²) in [4.78, 5) is 26.1. The maximum atomic E-state index is 12.6. The zero-order chi connectivity index (χ0) is 19.6. The van der Waals surface area contributed by atoms with Gasteiger partial charge in [0.05, 0.1) is 25.5 Å². The van der Waals surface area contributed by atoms with Gasteiger partial charge in [-0.1, -0.05) is 51.9 Å². The van der Waals surface area contributed by atoms with Gasteiger partial charge in [0.1, 0.15) is 0 Å². The van der Waals surface area contributed by atoms with E-state index in [9.17, 15) is 4.79 Å². The molecule has 0 bridgehead atoms. The van der Waals surface area contributed by atoms with Gasteiger partial charge in [-0.15, -0.1) is 0 Å². The number of hydrogen-bond donors (Lipinski definition) is 0. The lowest BCUT2D eigenvalue weighted by Crippen LogP contribution is -2.39. The number of ether oxygens (including phenoxy) is 1. The fourth-order valence-corrected chi connectivity index (χ4v) is 3.99. The predicted molar refractivity (Wildman–Crippen MR) is 111 cm³/mol. The zero-order valence-electron chi connectivity index (χ0n) is 17.5. The Bertz CT molecular complexity index is 617. The highest BCUT2D eigenvalue weighted by Crippen LogP contribution is 2.21. The van der Waals surface area contributed by atoms with E-state index in [4.69, 9.17) is 9.72 Å². The van der Waals surface area contributed by atoms with Crippen LogP contribution in [0.4, 0.5) is 5.95 Å². The maximum Gasteiger partial charge on any atom is 0.225 e. The van der Waals surface area contributed by atoms with Gasteiger partial charge in [0.25, 0.3) is 0 Å². The third kappa shape index (κ3) is 6.16. The summed E-state index contributed by atoms with van der Waals surface area (Å²) in [5.41, 5.74) is 2.21. The quantitative estimate of drug-likeness (QED) is 0.572. The summed E-state index contributed by atoms with van der Waals surface area (Å²) < 4.78 is 5.41. The number of amides is 1. The second-order valence-electron chi connectivity index (χ2n) is 8.03. The van der Waals surface area contributed by atoms with Gasteiger partial charge in [0, 0.05) is 32.3 Å². The minimum absolute atomic E-state index is 0.281. The summed E-state index contributed by atoms with van der Waals surface area (Å²) in [7, 11) is 0. The van der Waals surface area contributed by atoms with Gasteiger partial charge < -0.3 is 14.5 Å². The lowest BCUT2D eigenvalue weighted by molar-refractivity contribution is -0.132. The summed E-state index contributed by atoms with van der Waals surface area (Å²) >= 11 is 0. The summed E-state index contributed by atoms with van der Waals surface area (Å²) in [5.74, 6) is 1.06. The van der Waals surface area contributed by atoms with Crippen molar-refractivity contribution in [1.29, 1.82) is 0 Å². The van der Waals surface area contributed by atoms with Gasteiger partial charge in [-0.3, -0.25) is 4.79 Å². The first-order chi connectivity index (χ1) is 13.8. The van der Waals surface area contributed by atoms with Crippen molar-refractivity contribution >= 4 is 11.9 Å². The number of hydrogen-bond acceptors (Lipinski definition) is 5. The van der Waals surface area contributed by atoms with E-state index in [-0.39, 0.29) is 5.91 Å². The molecule has 156 valence electrons. The number of nitrogens with zero attached hydrogens (tertiary/aromatic N) is 4. The van der Waals surface area contributed by atoms with E-state index >= 15 is 0 Å². The van der Waals surface area contributed by atoms with Crippen LogP contribution in [0, 0.1) is 0 Å². The van der Waals surface area contributed by atoms with E-state index in [1.54, 1.807) is 0 Å². The molecule has 6 nitrogen and oxygen atoms in total. The summed E-state index contributed by atoms with van der Waals surface area (Å²) in [6, 6.07) is 0. The van der Waals surface area contributed by atoms with Crippen LogP contribution < -0.4 is 4.90 Å². The van der Waals surface area contributed by atoms with Gasteiger partial charge in [0.2, 0.25) is 11.9 Å². The van der Waals surface area contributed by atoms with E-state index in [0.717, 1.165) is 57.3 Å². The molecule has 28 heavy (non-hydrogen) atoms. The number of carbonyl (C=O) groups is 1. The monoisotopic (exact) mass is 388 g/mol. The van der Waals surface area contributed by atoms with Crippen LogP contribution in [0.2, 0.25) is 0 Å². The van der Waals surface area contributed by atoms with Crippen LogP contribution in [0.1, 0.15) is 76.0 Å². The second kappa shape index (κ2) is 11.3. The molecule has 1 aromatic heterocycles. The van der Waals surface area contributed by atoms with E-state index in [1.807, 2.05) is 11.1 Å². The molecule has 1 saturated heterocycles. The van der Waals surface area contributed by atoms with E-state index in [0.29, 0.717) is 13.0 Å². The molecule has 0 aliphatic carbocycles. The first-order valence-electron chi connectivity index (χ1n) is 11.2. The Kier molecular flexibility index (Phi) is 8.52. The van der Waals surface area contributed by atoms with Crippen molar-refractivity contribution in [2.24, 2.45) is 0 Å². The lowest BCUT2D eigenvalue weighted by atomic mass is 10.0. The standard InChI is InChI=1S/C22H36N4O2/c1-2-3-4-5-6-7-8-9-10-21(27)26-12-11-19-17-23-22(24-20(19)18-26)25-13-15-28-16-14-25/h17H,2-16,18H2,1H3. The minimum Gasteiger partial charge on any atom is -0.378 e. The highest BCUT2D eigenvalue weighted by atomic mass is 16.5. The number of rotatable bonds is 10. The molecule has 1 fully saturated rings. The molecule has 2 aliphatic heterocycles. The Morgan fingerprint density at radius 3 is 2.50 bits per heavy atom. The Balaban J connectivity index is 1.41. The fourth-order valence-electron chi connectivity index (χ4n) is 3.99. The molecule has 0 radical (unpaired) electrons. The van der Waals surface area contributed by atoms with Crippen LogP contribution in [0.15, 0.2) is 6.20 Å². The van der Waals surface area contributed by atoms with E-state index < -0.39 is 0 Å². The minimum atomic E-state index is 0.281. The Morgan fingerprint density at radius 2 is 1.75 bits per heavy atom. The van der Waals surface area contributed by atoms with E-state index in [1.165, 1.54) is 50.5 Å². The topological polar surface area (TPSA) is 58.6 Å². The van der Waals surface area contributed by atoms with Gasteiger partial charge in [0.15, 0.2) is 0 Å². The molecular formula is C22H36N4O2. The van der Waals surface area contributed by atoms with Crippen LogP contribution in [-0.2, 0) is 22.5 Å². The molecule has 6 heteroatoms. The van der Waals surface area contributed by atoms with Crippen LogP contribution >= 0.6 is 0 Å². The molecule has 3 rings (SSSR count). The average Bonchev–Trinajstić information content (AvgIpc) is 2.75. The molecule has 0 N–H and O–H groups in total. The number of fused-ring (bicyclic) bond motifs is 1. The zero-order valence-corrected chi connectivity index (χ0v) is 17.5. The maximum absolute atomic E-state index is 12.6. The molecule has 3 heterocycles. The van der Waals surface area contributed by atoms with Crippen molar-refractivity contribution in [3.05, 3.63) is 17.5 Å². The molecule has 0 unspecified atom stereocenters. The summed E-state index contributed by atoms with van der Waals surface area (Å²) in [6.07, 6.45) is 13.6.